The molecule has 0 aliphatic rings. The zero-order valence-corrected chi connectivity index (χ0v) is 12.6. The molecule has 0 fully saturated rings. The Labute approximate surface area is 111 Å². The molecule has 0 radical (unpaired) electrons. The van der Waals surface area contributed by atoms with Crippen molar-refractivity contribution in [3.63, 3.8) is 0 Å². The van der Waals surface area contributed by atoms with Crippen molar-refractivity contribution in [2.24, 2.45) is 0 Å². The minimum Gasteiger partial charge on any atom is -0.141 e. The number of rotatable bonds is 1. The summed E-state index contributed by atoms with van der Waals surface area (Å²) < 4.78 is 3.91. The van der Waals surface area contributed by atoms with Crippen LogP contribution in [0, 0.1) is 3.57 Å². The predicted molar refractivity (Wildman–Crippen MR) is 74.9 cm³/mol. The highest BCUT2D eigenvalue weighted by Gasteiger charge is 2.08. The first-order valence-corrected chi connectivity index (χ1v) is 7.51. The number of fused-ring (bicyclic) bond motifs is 1. The number of benzene rings is 1. The molecule has 1 aromatic heterocycles. The molecule has 0 aliphatic carbocycles. The highest BCUT2D eigenvalue weighted by Crippen LogP contribution is 2.36. The Morgan fingerprint density at radius 2 is 2.15 bits per heavy atom. The molecular weight excluding hydrogens is 427 g/mol. The van der Waals surface area contributed by atoms with Crippen molar-refractivity contribution >= 4 is 75.9 Å². The molecule has 1 heterocycles. The quantitative estimate of drug-likeness (QED) is 0.432. The summed E-state index contributed by atoms with van der Waals surface area (Å²) in [6.45, 7) is 0. The lowest BCUT2D eigenvalue weighted by atomic mass is 10.2. The first kappa shape index (κ1) is 10.4. The van der Waals surface area contributed by atoms with E-state index in [4.69, 9.17) is 0 Å². The number of thiophene rings is 1. The van der Waals surface area contributed by atoms with Crippen LogP contribution in [0.1, 0.15) is 5.56 Å². The molecule has 0 bridgehead atoms. The zero-order chi connectivity index (χ0) is 9.42. The van der Waals surface area contributed by atoms with Crippen molar-refractivity contribution in [1.29, 1.82) is 0 Å². The molecule has 2 rings (SSSR count). The Hall–Kier alpha value is 0.870. The summed E-state index contributed by atoms with van der Waals surface area (Å²) in [6.07, 6.45) is 0. The van der Waals surface area contributed by atoms with Crippen LogP contribution in [0.4, 0.5) is 0 Å². The van der Waals surface area contributed by atoms with Gasteiger partial charge in [0.25, 0.3) is 0 Å². The first-order valence-electron chi connectivity index (χ1n) is 3.64. The minimum absolute atomic E-state index is 0.912. The third kappa shape index (κ3) is 1.82. The van der Waals surface area contributed by atoms with Gasteiger partial charge in [-0.15, -0.1) is 11.3 Å². The van der Waals surface area contributed by atoms with E-state index in [0.29, 0.717) is 0 Å². The Kier molecular flexibility index (Phi) is 3.33. The fraction of sp³-hybridized carbons (Fsp3) is 0.111. The smallest absolute Gasteiger partial charge is 0.0491 e. The second-order valence-corrected chi connectivity index (χ2v) is 6.08. The number of hydrogen-bond donors (Lipinski definition) is 0. The summed E-state index contributed by atoms with van der Waals surface area (Å²) in [5, 5.41) is 4.42. The van der Waals surface area contributed by atoms with Crippen LogP contribution >= 0.6 is 65.8 Å². The molecule has 13 heavy (non-hydrogen) atoms. The second-order valence-electron chi connectivity index (χ2n) is 2.63. The predicted octanol–water partition coefficient (Wildman–Crippen LogP) is 5.16. The van der Waals surface area contributed by atoms with Crippen LogP contribution in [0.2, 0.25) is 0 Å². The summed E-state index contributed by atoms with van der Waals surface area (Å²) in [4.78, 5) is 0. The highest BCUT2D eigenvalue weighted by molar-refractivity contribution is 14.1. The van der Waals surface area contributed by atoms with Gasteiger partial charge >= 0.3 is 0 Å². The summed E-state index contributed by atoms with van der Waals surface area (Å²) in [5.74, 6) is 0. The fourth-order valence-corrected chi connectivity index (χ4v) is 4.30. The maximum absolute atomic E-state index is 3.58. The van der Waals surface area contributed by atoms with Crippen LogP contribution in [0.15, 0.2) is 22.0 Å². The van der Waals surface area contributed by atoms with Gasteiger partial charge in [-0.05, 0) is 50.2 Å². The lowest BCUT2D eigenvalue weighted by molar-refractivity contribution is 1.49. The summed E-state index contributed by atoms with van der Waals surface area (Å²) in [5.41, 5.74) is 1.35. The van der Waals surface area contributed by atoms with E-state index in [1.807, 2.05) is 0 Å². The van der Waals surface area contributed by atoms with Crippen molar-refractivity contribution in [2.45, 2.75) is 5.33 Å². The van der Waals surface area contributed by atoms with E-state index in [0.717, 1.165) is 5.33 Å². The molecule has 0 aliphatic heterocycles. The molecule has 0 saturated carbocycles. The van der Waals surface area contributed by atoms with Gasteiger partial charge in [-0.1, -0.05) is 22.0 Å². The molecule has 2 aromatic rings. The molecule has 0 spiro atoms. The third-order valence-electron chi connectivity index (χ3n) is 1.86. The van der Waals surface area contributed by atoms with Crippen molar-refractivity contribution in [3.8, 4) is 0 Å². The topological polar surface area (TPSA) is 0 Å². The van der Waals surface area contributed by atoms with E-state index < -0.39 is 0 Å². The van der Waals surface area contributed by atoms with E-state index in [9.17, 15) is 0 Å². The summed E-state index contributed by atoms with van der Waals surface area (Å²) in [6, 6.07) is 4.35. The molecule has 0 N–H and O–H groups in total. The van der Waals surface area contributed by atoms with Gasteiger partial charge in [0.1, 0.15) is 0 Å². The lowest BCUT2D eigenvalue weighted by Gasteiger charge is -2.00. The van der Waals surface area contributed by atoms with Crippen LogP contribution in [0.3, 0.4) is 0 Å². The van der Waals surface area contributed by atoms with Gasteiger partial charge in [-0.2, -0.15) is 0 Å². The fourth-order valence-electron chi connectivity index (χ4n) is 1.26. The van der Waals surface area contributed by atoms with Gasteiger partial charge in [0.15, 0.2) is 0 Å². The van der Waals surface area contributed by atoms with E-state index in [1.54, 1.807) is 11.3 Å². The Morgan fingerprint density at radius 1 is 1.38 bits per heavy atom. The molecule has 0 atom stereocenters. The van der Waals surface area contributed by atoms with Gasteiger partial charge < -0.3 is 0 Å². The maximum atomic E-state index is 3.58. The lowest BCUT2D eigenvalue weighted by Crippen LogP contribution is -1.80. The Balaban J connectivity index is 2.88. The minimum atomic E-state index is 0.912. The monoisotopic (exact) mass is 430 g/mol. The van der Waals surface area contributed by atoms with Crippen LogP contribution in [-0.4, -0.2) is 0 Å². The van der Waals surface area contributed by atoms with Gasteiger partial charge in [0.2, 0.25) is 0 Å². The Bertz CT molecular complexity index is 450. The second kappa shape index (κ2) is 4.16. The van der Waals surface area contributed by atoms with E-state index in [1.165, 1.54) is 23.7 Å². The van der Waals surface area contributed by atoms with Crippen LogP contribution in [-0.2, 0) is 5.33 Å². The van der Waals surface area contributed by atoms with Crippen molar-refractivity contribution in [1.82, 2.24) is 0 Å². The number of alkyl halides is 1. The largest absolute Gasteiger partial charge is 0.141 e. The van der Waals surface area contributed by atoms with Crippen molar-refractivity contribution in [3.05, 3.63) is 31.1 Å². The van der Waals surface area contributed by atoms with Gasteiger partial charge in [0, 0.05) is 28.8 Å². The van der Waals surface area contributed by atoms with Crippen molar-refractivity contribution < 1.29 is 0 Å². The Morgan fingerprint density at radius 3 is 2.85 bits per heavy atom. The van der Waals surface area contributed by atoms with Crippen LogP contribution < -0.4 is 0 Å². The van der Waals surface area contributed by atoms with Crippen LogP contribution in [0.25, 0.3) is 10.1 Å². The molecule has 0 amide bonds. The average molecular weight is 432 g/mol. The maximum Gasteiger partial charge on any atom is 0.0491 e. The van der Waals surface area contributed by atoms with E-state index in [-0.39, 0.29) is 0 Å². The molecule has 1 aromatic carbocycles. The van der Waals surface area contributed by atoms with Gasteiger partial charge in [-0.25, -0.2) is 0 Å². The highest BCUT2D eigenvalue weighted by atomic mass is 127. The SMILES string of the molecule is BrCc1ccc(I)c2scc(Br)c12. The summed E-state index contributed by atoms with van der Waals surface area (Å²) >= 11 is 11.3. The average Bonchev–Trinajstić information content (AvgIpc) is 2.51. The van der Waals surface area contributed by atoms with Crippen molar-refractivity contribution in [2.75, 3.05) is 0 Å². The molecular formula is C9H5Br2IS. The van der Waals surface area contributed by atoms with Crippen LogP contribution in [0.5, 0.6) is 0 Å². The summed E-state index contributed by atoms with van der Waals surface area (Å²) in [7, 11) is 0. The first-order chi connectivity index (χ1) is 6.24. The molecule has 68 valence electrons. The standard InChI is InChI=1S/C9H5Br2IS/c10-3-5-1-2-7(12)9-8(5)6(11)4-13-9/h1-2,4H,3H2. The normalized spacial score (nSPS) is 11.0. The molecule has 0 saturated heterocycles. The zero-order valence-electron chi connectivity index (χ0n) is 6.48. The number of hydrogen-bond acceptors (Lipinski definition) is 1. The third-order valence-corrected chi connectivity index (χ3v) is 5.67. The van der Waals surface area contributed by atoms with Gasteiger partial charge in [0.05, 0.1) is 0 Å². The molecule has 0 unspecified atom stereocenters. The van der Waals surface area contributed by atoms with Gasteiger partial charge in [-0.3, -0.25) is 0 Å². The molecule has 4 heteroatoms. The number of halogens is 3. The van der Waals surface area contributed by atoms with E-state index >= 15 is 0 Å². The van der Waals surface area contributed by atoms with E-state index in [2.05, 4.69) is 72.0 Å². The molecule has 0 nitrogen and oxygen atoms in total.